The molecule has 0 aliphatic rings. The third-order valence-corrected chi connectivity index (χ3v) is 5.45. The monoisotopic (exact) mass is 416 g/mol. The van der Waals surface area contributed by atoms with Crippen LogP contribution in [0.1, 0.15) is 13.8 Å². The van der Waals surface area contributed by atoms with E-state index >= 15 is 0 Å². The largest absolute Gasteiger partial charge is 0.495 e. The second kappa shape index (κ2) is 9.12. The lowest BCUT2D eigenvalue weighted by atomic mass is 10.2. The van der Waals surface area contributed by atoms with Gasteiger partial charge in [0.1, 0.15) is 5.75 Å². The van der Waals surface area contributed by atoms with Crippen LogP contribution in [0.15, 0.2) is 53.7 Å². The Morgan fingerprint density at radius 1 is 1.25 bits per heavy atom. The van der Waals surface area contributed by atoms with Gasteiger partial charge >= 0.3 is 0 Å². The molecule has 1 amide bonds. The molecule has 28 heavy (non-hydrogen) atoms. The maximum Gasteiger partial charge on any atom is 0.237 e. The van der Waals surface area contributed by atoms with Crippen LogP contribution < -0.4 is 10.1 Å². The molecule has 0 spiro atoms. The van der Waals surface area contributed by atoms with Crippen LogP contribution in [0, 0.1) is 0 Å². The molecule has 1 heterocycles. The van der Waals surface area contributed by atoms with E-state index in [1.807, 2.05) is 48.7 Å². The van der Waals surface area contributed by atoms with E-state index in [1.165, 1.54) is 11.8 Å². The summed E-state index contributed by atoms with van der Waals surface area (Å²) in [5.74, 6) is 1.17. The van der Waals surface area contributed by atoms with Gasteiger partial charge in [-0.1, -0.05) is 53.7 Å². The van der Waals surface area contributed by atoms with Crippen molar-refractivity contribution in [2.45, 2.75) is 30.8 Å². The lowest BCUT2D eigenvalue weighted by Crippen LogP contribution is -2.23. The first-order valence-corrected chi connectivity index (χ1v) is 10.1. The van der Waals surface area contributed by atoms with Crippen LogP contribution in [-0.2, 0) is 11.3 Å². The van der Waals surface area contributed by atoms with Crippen molar-refractivity contribution in [3.8, 4) is 17.1 Å². The minimum atomic E-state index is -0.387. The zero-order valence-electron chi connectivity index (χ0n) is 15.8. The van der Waals surface area contributed by atoms with E-state index in [1.54, 1.807) is 25.3 Å². The van der Waals surface area contributed by atoms with Crippen LogP contribution in [0.4, 0.5) is 5.69 Å². The third kappa shape index (κ3) is 4.48. The molecule has 0 radical (unpaired) electrons. The highest BCUT2D eigenvalue weighted by molar-refractivity contribution is 8.00. The Labute approximate surface area is 173 Å². The van der Waals surface area contributed by atoms with Crippen molar-refractivity contribution in [3.05, 3.63) is 53.6 Å². The van der Waals surface area contributed by atoms with Crippen molar-refractivity contribution < 1.29 is 9.53 Å². The number of ether oxygens (including phenoxy) is 1. The predicted octanol–water partition coefficient (Wildman–Crippen LogP) is 4.75. The average Bonchev–Trinajstić information content (AvgIpc) is 3.11. The molecule has 2 aromatic carbocycles. The lowest BCUT2D eigenvalue weighted by Gasteiger charge is -2.14. The van der Waals surface area contributed by atoms with E-state index < -0.39 is 0 Å². The molecule has 0 saturated carbocycles. The highest BCUT2D eigenvalue weighted by atomic mass is 35.5. The fraction of sp³-hybridized carbons (Fsp3) is 0.250. The van der Waals surface area contributed by atoms with E-state index in [9.17, 15) is 4.79 Å². The summed E-state index contributed by atoms with van der Waals surface area (Å²) in [6, 6.07) is 15.0. The minimum absolute atomic E-state index is 0.169. The number of carbonyl (C=O) groups excluding carboxylic acids is 1. The number of methoxy groups -OCH3 is 1. The number of aromatic nitrogens is 3. The summed E-state index contributed by atoms with van der Waals surface area (Å²) in [6.45, 7) is 4.56. The standard InChI is InChI=1S/C20H21ClN4O2S/c1-4-25-18(14-8-6-5-7-9-14)23-24-20(25)28-13(2)19(26)22-16-12-15(21)10-11-17(16)27-3/h5-13H,4H2,1-3H3,(H,22,26). The highest BCUT2D eigenvalue weighted by Crippen LogP contribution is 2.30. The van der Waals surface area contributed by atoms with Gasteiger partial charge in [0.05, 0.1) is 18.0 Å². The number of carbonyl (C=O) groups is 1. The number of nitrogens with zero attached hydrogens (tertiary/aromatic N) is 3. The molecule has 0 bridgehead atoms. The van der Waals surface area contributed by atoms with Crippen LogP contribution in [0.25, 0.3) is 11.4 Å². The fourth-order valence-electron chi connectivity index (χ4n) is 2.69. The summed E-state index contributed by atoms with van der Waals surface area (Å²) >= 11 is 7.39. The fourth-order valence-corrected chi connectivity index (χ4v) is 3.77. The van der Waals surface area contributed by atoms with Crippen LogP contribution in [-0.4, -0.2) is 33.0 Å². The van der Waals surface area contributed by atoms with Gasteiger partial charge < -0.3 is 14.6 Å². The molecule has 1 unspecified atom stereocenters. The van der Waals surface area contributed by atoms with E-state index in [-0.39, 0.29) is 11.2 Å². The van der Waals surface area contributed by atoms with Crippen LogP contribution >= 0.6 is 23.4 Å². The van der Waals surface area contributed by atoms with Gasteiger partial charge in [-0.15, -0.1) is 10.2 Å². The van der Waals surface area contributed by atoms with Gasteiger partial charge in [-0.05, 0) is 32.0 Å². The zero-order valence-corrected chi connectivity index (χ0v) is 17.4. The number of hydrogen-bond acceptors (Lipinski definition) is 5. The minimum Gasteiger partial charge on any atom is -0.495 e. The molecule has 1 atom stereocenters. The van der Waals surface area contributed by atoms with Crippen molar-refractivity contribution in [2.75, 3.05) is 12.4 Å². The Bertz CT molecular complexity index is 962. The summed E-state index contributed by atoms with van der Waals surface area (Å²) < 4.78 is 7.29. The molecule has 8 heteroatoms. The number of benzene rings is 2. The Morgan fingerprint density at radius 3 is 2.68 bits per heavy atom. The van der Waals surface area contributed by atoms with E-state index in [0.717, 1.165) is 11.4 Å². The van der Waals surface area contributed by atoms with Gasteiger partial charge in [0.2, 0.25) is 5.91 Å². The molecule has 0 fully saturated rings. The lowest BCUT2D eigenvalue weighted by molar-refractivity contribution is -0.115. The van der Waals surface area contributed by atoms with Gasteiger partial charge in [-0.2, -0.15) is 0 Å². The summed E-state index contributed by atoms with van der Waals surface area (Å²) in [6.07, 6.45) is 0. The van der Waals surface area contributed by atoms with Crippen molar-refractivity contribution in [1.82, 2.24) is 14.8 Å². The van der Waals surface area contributed by atoms with Crippen LogP contribution in [0.2, 0.25) is 5.02 Å². The molecule has 6 nitrogen and oxygen atoms in total. The van der Waals surface area contributed by atoms with Crippen molar-refractivity contribution in [3.63, 3.8) is 0 Å². The number of halogens is 1. The molecular formula is C20H21ClN4O2S. The van der Waals surface area contributed by atoms with Crippen molar-refractivity contribution >= 4 is 35.0 Å². The van der Waals surface area contributed by atoms with Gasteiger partial charge in [0, 0.05) is 17.1 Å². The molecule has 146 valence electrons. The number of nitrogens with one attached hydrogen (secondary N) is 1. The topological polar surface area (TPSA) is 69.0 Å². The molecule has 0 aliphatic carbocycles. The predicted molar refractivity (Wildman–Crippen MR) is 113 cm³/mol. The molecular weight excluding hydrogens is 396 g/mol. The van der Waals surface area contributed by atoms with Gasteiger partial charge in [-0.25, -0.2) is 0 Å². The van der Waals surface area contributed by atoms with Gasteiger partial charge in [0.15, 0.2) is 11.0 Å². The Kier molecular flexibility index (Phi) is 6.59. The van der Waals surface area contributed by atoms with Crippen LogP contribution in [0.5, 0.6) is 5.75 Å². The SMILES string of the molecule is CCn1c(SC(C)C(=O)Nc2cc(Cl)ccc2OC)nnc1-c1ccccc1. The third-order valence-electron chi connectivity index (χ3n) is 4.14. The maximum atomic E-state index is 12.7. The number of rotatable bonds is 7. The summed E-state index contributed by atoms with van der Waals surface area (Å²) in [4.78, 5) is 12.7. The maximum absolute atomic E-state index is 12.7. The second-order valence-electron chi connectivity index (χ2n) is 6.01. The van der Waals surface area contributed by atoms with E-state index in [2.05, 4.69) is 15.5 Å². The van der Waals surface area contributed by atoms with Crippen molar-refractivity contribution in [1.29, 1.82) is 0 Å². The Hall–Kier alpha value is -2.51. The molecule has 3 aromatic rings. The molecule has 0 saturated heterocycles. The second-order valence-corrected chi connectivity index (χ2v) is 7.75. The average molecular weight is 417 g/mol. The van der Waals surface area contributed by atoms with E-state index in [4.69, 9.17) is 16.3 Å². The molecule has 3 rings (SSSR count). The first-order valence-electron chi connectivity index (χ1n) is 8.83. The Morgan fingerprint density at radius 2 is 2.00 bits per heavy atom. The first kappa shape index (κ1) is 20.2. The number of amides is 1. The number of hydrogen-bond donors (Lipinski definition) is 1. The summed E-state index contributed by atoms with van der Waals surface area (Å²) in [7, 11) is 1.55. The Balaban J connectivity index is 1.76. The van der Waals surface area contributed by atoms with Gasteiger partial charge in [0.25, 0.3) is 0 Å². The zero-order chi connectivity index (χ0) is 20.1. The molecule has 0 aliphatic heterocycles. The smallest absolute Gasteiger partial charge is 0.237 e. The number of thioether (sulfide) groups is 1. The summed E-state index contributed by atoms with van der Waals surface area (Å²) in [5.41, 5.74) is 1.53. The van der Waals surface area contributed by atoms with E-state index in [0.29, 0.717) is 28.2 Å². The highest BCUT2D eigenvalue weighted by Gasteiger charge is 2.21. The molecule has 1 aromatic heterocycles. The first-order chi connectivity index (χ1) is 13.5. The quantitative estimate of drug-likeness (QED) is 0.563. The normalized spacial score (nSPS) is 11.9. The molecule has 1 N–H and O–H groups in total. The summed E-state index contributed by atoms with van der Waals surface area (Å²) in [5, 5.41) is 12.3. The van der Waals surface area contributed by atoms with Crippen molar-refractivity contribution in [2.24, 2.45) is 0 Å². The van der Waals surface area contributed by atoms with Crippen LogP contribution in [0.3, 0.4) is 0 Å². The van der Waals surface area contributed by atoms with Gasteiger partial charge in [-0.3, -0.25) is 4.79 Å². The number of anilines is 1.